The van der Waals surface area contributed by atoms with Crippen molar-refractivity contribution >= 4 is 12.6 Å². The quantitative estimate of drug-likeness (QED) is 0.227. The molecule has 0 aliphatic carbocycles. The fraction of sp³-hybridized carbons (Fsp3) is 0.636. The van der Waals surface area contributed by atoms with Crippen LogP contribution in [0.3, 0.4) is 0 Å². The van der Waals surface area contributed by atoms with Crippen LogP contribution in [-0.2, 0) is 9.59 Å². The second-order valence-corrected chi connectivity index (χ2v) is 5.29. The molecule has 0 saturated heterocycles. The molecule has 1 unspecified atom stereocenters. The molecule has 0 aromatic rings. The average Bonchev–Trinajstić information content (AvgIpc) is 2.68. The number of aliphatic hydroxyl groups is 2. The SMILES string of the molecule is C=CC(O)CC.CC/C=C\CO.CCC/C=C/C=O.CCCCCC=O. The third-order valence-electron chi connectivity index (χ3n) is 2.79. The van der Waals surface area contributed by atoms with Gasteiger partial charge in [0.1, 0.15) is 12.6 Å². The summed E-state index contributed by atoms with van der Waals surface area (Å²) >= 11 is 0. The van der Waals surface area contributed by atoms with Gasteiger partial charge in [-0.3, -0.25) is 4.79 Å². The van der Waals surface area contributed by atoms with Gasteiger partial charge in [0.05, 0.1) is 12.7 Å². The standard InChI is InChI=1S/C6H12O.C6H10O.2C5H10O/c2*1-2-3-4-5-6-7;1-3-5(6)4-2;1-2-3-4-5-6/h6H,2-5H2,1H3;4-6H,2-3H2,1H3;3,5-6H,1,4H2,2H3;3-4,6H,2,5H2,1H3/b;5-4+;;4-3-. The van der Waals surface area contributed by atoms with Gasteiger partial charge in [0.15, 0.2) is 0 Å². The Morgan fingerprint density at radius 2 is 1.58 bits per heavy atom. The molecule has 1 atom stereocenters. The number of carbonyl (C=O) groups excluding carboxylic acids is 2. The van der Waals surface area contributed by atoms with E-state index in [0.29, 0.717) is 0 Å². The molecule has 154 valence electrons. The average molecular weight is 371 g/mol. The van der Waals surface area contributed by atoms with Crippen molar-refractivity contribution in [3.05, 3.63) is 37.0 Å². The van der Waals surface area contributed by atoms with Crippen molar-refractivity contribution in [1.82, 2.24) is 0 Å². The Balaban J connectivity index is -0.000000124. The van der Waals surface area contributed by atoms with E-state index in [1.165, 1.54) is 25.0 Å². The first-order valence-corrected chi connectivity index (χ1v) is 9.66. The van der Waals surface area contributed by atoms with Crippen LogP contribution in [-0.4, -0.2) is 35.5 Å². The van der Waals surface area contributed by atoms with Gasteiger partial charge >= 0.3 is 0 Å². The third-order valence-corrected chi connectivity index (χ3v) is 2.79. The molecule has 0 rings (SSSR count). The predicted octanol–water partition coefficient (Wildman–Crippen LogP) is 5.20. The number of unbranched alkanes of at least 4 members (excludes halogenated alkanes) is 4. The molecule has 0 bridgehead atoms. The highest BCUT2D eigenvalue weighted by Crippen LogP contribution is 1.94. The van der Waals surface area contributed by atoms with Crippen LogP contribution in [0.4, 0.5) is 0 Å². The van der Waals surface area contributed by atoms with Crippen LogP contribution < -0.4 is 0 Å². The fourth-order valence-corrected chi connectivity index (χ4v) is 1.20. The summed E-state index contributed by atoms with van der Waals surface area (Å²) in [5, 5.41) is 16.7. The van der Waals surface area contributed by atoms with E-state index in [4.69, 9.17) is 10.2 Å². The Morgan fingerprint density at radius 3 is 1.85 bits per heavy atom. The van der Waals surface area contributed by atoms with Crippen molar-refractivity contribution in [2.45, 2.75) is 85.2 Å². The van der Waals surface area contributed by atoms with E-state index >= 15 is 0 Å². The molecule has 4 nitrogen and oxygen atoms in total. The maximum Gasteiger partial charge on any atom is 0.142 e. The van der Waals surface area contributed by atoms with Crippen LogP contribution in [0.1, 0.15) is 79.1 Å². The van der Waals surface area contributed by atoms with E-state index in [9.17, 15) is 9.59 Å². The molecular weight excluding hydrogens is 328 g/mol. The molecule has 4 heteroatoms. The van der Waals surface area contributed by atoms with Crippen LogP contribution >= 0.6 is 0 Å². The van der Waals surface area contributed by atoms with Gasteiger partial charge in [-0.25, -0.2) is 0 Å². The second kappa shape index (κ2) is 38.8. The summed E-state index contributed by atoms with van der Waals surface area (Å²) in [6.07, 6.45) is 18.2. The molecule has 0 saturated carbocycles. The lowest BCUT2D eigenvalue weighted by Crippen LogP contribution is -1.95. The van der Waals surface area contributed by atoms with Gasteiger partial charge in [0.25, 0.3) is 0 Å². The van der Waals surface area contributed by atoms with Crippen molar-refractivity contribution in [2.24, 2.45) is 0 Å². The molecule has 26 heavy (non-hydrogen) atoms. The summed E-state index contributed by atoms with van der Waals surface area (Å²) in [6.45, 7) is 11.7. The highest BCUT2D eigenvalue weighted by Gasteiger charge is 1.86. The van der Waals surface area contributed by atoms with Crippen LogP contribution in [0.2, 0.25) is 0 Å². The monoisotopic (exact) mass is 370 g/mol. The molecule has 0 amide bonds. The van der Waals surface area contributed by atoms with Gasteiger partial charge in [-0.1, -0.05) is 71.3 Å². The Bertz CT molecular complexity index is 303. The molecule has 0 radical (unpaired) electrons. The topological polar surface area (TPSA) is 74.6 Å². The zero-order valence-electron chi connectivity index (χ0n) is 17.4. The Labute approximate surface area is 161 Å². The summed E-state index contributed by atoms with van der Waals surface area (Å²) < 4.78 is 0. The molecule has 0 aromatic carbocycles. The smallest absolute Gasteiger partial charge is 0.142 e. The van der Waals surface area contributed by atoms with E-state index in [1.54, 1.807) is 6.08 Å². The van der Waals surface area contributed by atoms with E-state index in [2.05, 4.69) is 20.4 Å². The lowest BCUT2D eigenvalue weighted by Gasteiger charge is -1.93. The van der Waals surface area contributed by atoms with Crippen molar-refractivity contribution in [2.75, 3.05) is 6.61 Å². The number of carbonyl (C=O) groups is 2. The number of hydrogen-bond donors (Lipinski definition) is 2. The molecule has 2 N–H and O–H groups in total. The molecule has 0 aliphatic rings. The maximum atomic E-state index is 9.68. The van der Waals surface area contributed by atoms with Crippen molar-refractivity contribution < 1.29 is 19.8 Å². The van der Waals surface area contributed by atoms with Crippen LogP contribution in [0.5, 0.6) is 0 Å². The fourth-order valence-electron chi connectivity index (χ4n) is 1.20. The predicted molar refractivity (Wildman–Crippen MR) is 113 cm³/mol. The molecule has 0 fully saturated rings. The largest absolute Gasteiger partial charge is 0.392 e. The highest BCUT2D eigenvalue weighted by molar-refractivity contribution is 5.64. The Hall–Kier alpha value is -1.52. The van der Waals surface area contributed by atoms with Gasteiger partial charge in [-0.05, 0) is 31.8 Å². The van der Waals surface area contributed by atoms with E-state index in [-0.39, 0.29) is 12.7 Å². The van der Waals surface area contributed by atoms with Gasteiger partial charge in [0.2, 0.25) is 0 Å². The van der Waals surface area contributed by atoms with Gasteiger partial charge in [-0.15, -0.1) is 6.58 Å². The van der Waals surface area contributed by atoms with Crippen LogP contribution in [0.25, 0.3) is 0 Å². The lowest BCUT2D eigenvalue weighted by atomic mass is 10.2. The van der Waals surface area contributed by atoms with E-state index in [1.807, 2.05) is 26.0 Å². The second-order valence-electron chi connectivity index (χ2n) is 5.29. The number of hydrogen-bond acceptors (Lipinski definition) is 4. The van der Waals surface area contributed by atoms with E-state index < -0.39 is 0 Å². The normalized spacial score (nSPS) is 10.5. The van der Waals surface area contributed by atoms with Gasteiger partial charge in [0, 0.05) is 6.42 Å². The van der Waals surface area contributed by atoms with Crippen LogP contribution in [0.15, 0.2) is 37.0 Å². The molecule has 0 heterocycles. The summed E-state index contributed by atoms with van der Waals surface area (Å²) in [5.41, 5.74) is 0. The Morgan fingerprint density at radius 1 is 0.923 bits per heavy atom. The minimum Gasteiger partial charge on any atom is -0.392 e. The summed E-state index contributed by atoms with van der Waals surface area (Å²) in [5.74, 6) is 0. The number of aliphatic hydroxyl groups excluding tert-OH is 2. The highest BCUT2D eigenvalue weighted by atomic mass is 16.3. The summed E-state index contributed by atoms with van der Waals surface area (Å²) in [6, 6.07) is 0. The number of allylic oxidation sites excluding steroid dienone is 3. The maximum absolute atomic E-state index is 9.68. The van der Waals surface area contributed by atoms with E-state index in [0.717, 1.165) is 51.1 Å². The molecular formula is C22H42O4. The third kappa shape index (κ3) is 57.1. The van der Waals surface area contributed by atoms with Crippen molar-refractivity contribution in [3.63, 3.8) is 0 Å². The first-order valence-electron chi connectivity index (χ1n) is 9.66. The summed E-state index contributed by atoms with van der Waals surface area (Å²) in [7, 11) is 0. The molecule has 0 aliphatic heterocycles. The minimum atomic E-state index is -0.301. The first-order chi connectivity index (χ1) is 12.6. The lowest BCUT2D eigenvalue weighted by molar-refractivity contribution is -0.108. The Kier molecular flexibility index (Phi) is 48.1. The summed E-state index contributed by atoms with van der Waals surface area (Å²) in [4.78, 5) is 19.3. The van der Waals surface area contributed by atoms with Crippen LogP contribution in [0, 0.1) is 0 Å². The molecule has 0 spiro atoms. The zero-order chi connectivity index (χ0) is 20.9. The van der Waals surface area contributed by atoms with Gasteiger partial charge in [-0.2, -0.15) is 0 Å². The minimum absolute atomic E-state index is 0.174. The molecule has 0 aromatic heterocycles. The first kappa shape index (κ1) is 32.2. The van der Waals surface area contributed by atoms with Crippen molar-refractivity contribution in [3.8, 4) is 0 Å². The van der Waals surface area contributed by atoms with Crippen molar-refractivity contribution in [1.29, 1.82) is 0 Å². The number of aldehydes is 2. The van der Waals surface area contributed by atoms with Gasteiger partial charge < -0.3 is 15.0 Å². The number of rotatable bonds is 11. The zero-order valence-corrected chi connectivity index (χ0v) is 17.4.